The van der Waals surface area contributed by atoms with E-state index in [4.69, 9.17) is 0 Å². The summed E-state index contributed by atoms with van der Waals surface area (Å²) in [5.74, 6) is -0.862. The van der Waals surface area contributed by atoms with Crippen molar-refractivity contribution in [3.8, 4) is 5.69 Å². The Labute approximate surface area is 167 Å². The molecule has 9 nitrogen and oxygen atoms in total. The summed E-state index contributed by atoms with van der Waals surface area (Å²) in [6.45, 7) is 1.04. The maximum atomic E-state index is 12.8. The second-order valence-corrected chi connectivity index (χ2v) is 7.90. The third kappa shape index (κ3) is 3.31. The van der Waals surface area contributed by atoms with Crippen molar-refractivity contribution < 1.29 is 14.4 Å². The number of piperidine rings is 1. The number of fused-ring (bicyclic) bond motifs is 1. The highest BCUT2D eigenvalue weighted by atomic mass is 16.2. The van der Waals surface area contributed by atoms with Crippen LogP contribution in [0.15, 0.2) is 24.4 Å². The Bertz CT molecular complexity index is 996. The average molecular weight is 394 g/mol. The fourth-order valence-corrected chi connectivity index (χ4v) is 4.07. The number of amides is 3. The van der Waals surface area contributed by atoms with Crippen molar-refractivity contribution in [2.45, 2.75) is 57.3 Å². The molecule has 2 aromatic rings. The summed E-state index contributed by atoms with van der Waals surface area (Å²) in [7, 11) is 0. The van der Waals surface area contributed by atoms with Crippen molar-refractivity contribution in [1.82, 2.24) is 30.5 Å². The lowest BCUT2D eigenvalue weighted by molar-refractivity contribution is -0.136. The Morgan fingerprint density at radius 1 is 1.17 bits per heavy atom. The largest absolute Gasteiger partial charge is 0.322 e. The summed E-state index contributed by atoms with van der Waals surface area (Å²) in [6, 6.07) is 5.50. The van der Waals surface area contributed by atoms with E-state index in [2.05, 4.69) is 20.9 Å². The number of imide groups is 1. The van der Waals surface area contributed by atoms with Crippen molar-refractivity contribution in [3.05, 3.63) is 41.2 Å². The van der Waals surface area contributed by atoms with Gasteiger partial charge in [0, 0.05) is 31.1 Å². The molecular formula is C20H22N6O3. The fraction of sp³-hybridized carbons (Fsp3) is 0.450. The first-order valence-corrected chi connectivity index (χ1v) is 10.0. The summed E-state index contributed by atoms with van der Waals surface area (Å²) >= 11 is 0. The van der Waals surface area contributed by atoms with Gasteiger partial charge in [0.05, 0.1) is 17.6 Å². The average Bonchev–Trinajstić information content (AvgIpc) is 3.25. The first-order valence-electron chi connectivity index (χ1n) is 10.0. The Kier molecular flexibility index (Phi) is 4.39. The zero-order valence-corrected chi connectivity index (χ0v) is 15.9. The predicted molar refractivity (Wildman–Crippen MR) is 102 cm³/mol. The Morgan fingerprint density at radius 2 is 2.03 bits per heavy atom. The molecule has 29 heavy (non-hydrogen) atoms. The Balaban J connectivity index is 1.31. The van der Waals surface area contributed by atoms with Gasteiger partial charge < -0.3 is 10.2 Å². The lowest BCUT2D eigenvalue weighted by Crippen LogP contribution is -2.52. The van der Waals surface area contributed by atoms with E-state index < -0.39 is 11.9 Å². The molecule has 2 N–H and O–H groups in total. The quantitative estimate of drug-likeness (QED) is 0.722. The molecular weight excluding hydrogens is 372 g/mol. The lowest BCUT2D eigenvalue weighted by atomic mass is 9.93. The number of benzene rings is 1. The van der Waals surface area contributed by atoms with Crippen LogP contribution in [0.1, 0.15) is 53.7 Å². The first kappa shape index (κ1) is 18.0. The molecule has 2 fully saturated rings. The number of nitrogens with one attached hydrogen (secondary N) is 2. The lowest BCUT2D eigenvalue weighted by Gasteiger charge is -2.29. The van der Waals surface area contributed by atoms with E-state index in [0.29, 0.717) is 31.1 Å². The molecule has 1 saturated carbocycles. The van der Waals surface area contributed by atoms with Crippen LogP contribution in [0.4, 0.5) is 0 Å². The summed E-state index contributed by atoms with van der Waals surface area (Å²) in [6.07, 6.45) is 6.22. The highest BCUT2D eigenvalue weighted by molar-refractivity contribution is 6.05. The molecule has 3 amide bonds. The summed E-state index contributed by atoms with van der Waals surface area (Å²) in [4.78, 5) is 37.9. The van der Waals surface area contributed by atoms with Crippen LogP contribution < -0.4 is 10.6 Å². The maximum absolute atomic E-state index is 12.8. The van der Waals surface area contributed by atoms with Gasteiger partial charge >= 0.3 is 0 Å². The number of rotatable bonds is 5. The summed E-state index contributed by atoms with van der Waals surface area (Å²) < 4.78 is 1.71. The summed E-state index contributed by atoms with van der Waals surface area (Å²) in [5, 5.41) is 14.2. The maximum Gasteiger partial charge on any atom is 0.255 e. The van der Waals surface area contributed by atoms with Gasteiger partial charge in [0.1, 0.15) is 6.04 Å². The second kappa shape index (κ2) is 7.07. The number of carbonyl (C=O) groups excluding carboxylic acids is 3. The van der Waals surface area contributed by atoms with Gasteiger partial charge in [-0.1, -0.05) is 11.6 Å². The minimum atomic E-state index is -0.605. The van der Waals surface area contributed by atoms with Crippen LogP contribution in [-0.2, 0) is 22.7 Å². The molecule has 1 aromatic carbocycles. The molecule has 2 aliphatic heterocycles. The Hall–Kier alpha value is -3.07. The summed E-state index contributed by atoms with van der Waals surface area (Å²) in [5.41, 5.74) is 3.13. The second-order valence-electron chi connectivity index (χ2n) is 7.90. The van der Waals surface area contributed by atoms with Crippen LogP contribution in [0.25, 0.3) is 5.69 Å². The smallest absolute Gasteiger partial charge is 0.255 e. The van der Waals surface area contributed by atoms with Gasteiger partial charge in [-0.25, -0.2) is 4.68 Å². The number of nitrogens with zero attached hydrogens (tertiary/aromatic N) is 4. The normalized spacial score (nSPS) is 21.9. The molecule has 1 aromatic heterocycles. The molecule has 0 bridgehead atoms. The molecule has 1 saturated heterocycles. The molecule has 3 heterocycles. The van der Waals surface area contributed by atoms with E-state index in [-0.39, 0.29) is 18.2 Å². The molecule has 150 valence electrons. The van der Waals surface area contributed by atoms with E-state index in [1.807, 2.05) is 18.3 Å². The molecule has 5 rings (SSSR count). The first-order chi connectivity index (χ1) is 14.1. The molecule has 1 unspecified atom stereocenters. The van der Waals surface area contributed by atoms with E-state index >= 15 is 0 Å². The SMILES string of the molecule is O=C1CCC(N2Cc3cc(-n4cc(CNC5CCC5)nn4)ccc3C2=O)C(=O)N1. The van der Waals surface area contributed by atoms with Gasteiger partial charge in [-0.15, -0.1) is 5.10 Å². The van der Waals surface area contributed by atoms with Gasteiger partial charge in [-0.05, 0) is 43.0 Å². The predicted octanol–water partition coefficient (Wildman–Crippen LogP) is 0.670. The monoisotopic (exact) mass is 394 g/mol. The third-order valence-electron chi connectivity index (χ3n) is 5.99. The van der Waals surface area contributed by atoms with Gasteiger partial charge in [0.25, 0.3) is 5.91 Å². The van der Waals surface area contributed by atoms with Crippen LogP contribution in [-0.4, -0.2) is 49.7 Å². The molecule has 0 spiro atoms. The number of aromatic nitrogens is 3. The molecule has 9 heteroatoms. The van der Waals surface area contributed by atoms with Crippen molar-refractivity contribution in [3.63, 3.8) is 0 Å². The standard InChI is InChI=1S/C20H22N6O3/c27-18-7-6-17(19(28)22-18)25-10-12-8-15(4-5-16(12)20(25)29)26-11-14(23-24-26)9-21-13-2-1-3-13/h4-5,8,11,13,17,21H,1-3,6-7,9-10H2,(H,22,27,28). The Morgan fingerprint density at radius 3 is 2.79 bits per heavy atom. The van der Waals surface area contributed by atoms with Gasteiger partial charge in [0.15, 0.2) is 0 Å². The minimum Gasteiger partial charge on any atom is -0.322 e. The van der Waals surface area contributed by atoms with Crippen molar-refractivity contribution in [1.29, 1.82) is 0 Å². The van der Waals surface area contributed by atoms with Crippen molar-refractivity contribution in [2.75, 3.05) is 0 Å². The van der Waals surface area contributed by atoms with Crippen LogP contribution >= 0.6 is 0 Å². The van der Waals surface area contributed by atoms with Gasteiger partial charge in [-0.2, -0.15) is 0 Å². The van der Waals surface area contributed by atoms with Crippen LogP contribution in [0, 0.1) is 0 Å². The van der Waals surface area contributed by atoms with Crippen LogP contribution in [0.3, 0.4) is 0 Å². The highest BCUT2D eigenvalue weighted by Crippen LogP contribution is 2.29. The van der Waals surface area contributed by atoms with Crippen molar-refractivity contribution in [2.24, 2.45) is 0 Å². The van der Waals surface area contributed by atoms with Crippen molar-refractivity contribution >= 4 is 17.7 Å². The van der Waals surface area contributed by atoms with E-state index in [0.717, 1.165) is 16.9 Å². The fourth-order valence-electron chi connectivity index (χ4n) is 4.07. The van der Waals surface area contributed by atoms with E-state index in [1.165, 1.54) is 19.3 Å². The number of hydrogen-bond donors (Lipinski definition) is 2. The van der Waals surface area contributed by atoms with E-state index in [1.54, 1.807) is 15.6 Å². The number of hydrogen-bond acceptors (Lipinski definition) is 6. The van der Waals surface area contributed by atoms with Crippen LogP contribution in [0.5, 0.6) is 0 Å². The number of carbonyl (C=O) groups is 3. The van der Waals surface area contributed by atoms with Gasteiger partial charge in [-0.3, -0.25) is 19.7 Å². The molecule has 0 radical (unpaired) electrons. The molecule has 1 atom stereocenters. The third-order valence-corrected chi connectivity index (χ3v) is 5.99. The van der Waals surface area contributed by atoms with Gasteiger partial charge in [0.2, 0.25) is 11.8 Å². The highest BCUT2D eigenvalue weighted by Gasteiger charge is 2.39. The minimum absolute atomic E-state index is 0.176. The van der Waals surface area contributed by atoms with Crippen LogP contribution in [0.2, 0.25) is 0 Å². The van der Waals surface area contributed by atoms with E-state index in [9.17, 15) is 14.4 Å². The zero-order chi connectivity index (χ0) is 20.0. The molecule has 3 aliphatic rings. The zero-order valence-electron chi connectivity index (χ0n) is 15.9. The molecule has 1 aliphatic carbocycles. The topological polar surface area (TPSA) is 109 Å².